The lowest BCUT2D eigenvalue weighted by Gasteiger charge is -2.40. The summed E-state index contributed by atoms with van der Waals surface area (Å²) in [6.45, 7) is 4.12. The van der Waals surface area contributed by atoms with Crippen LogP contribution in [0.4, 0.5) is 0 Å². The zero-order valence-corrected chi connectivity index (χ0v) is 11.0. The second-order valence-electron chi connectivity index (χ2n) is 4.60. The lowest BCUT2D eigenvalue weighted by Crippen LogP contribution is -2.43. The highest BCUT2D eigenvalue weighted by atomic mass is 16.5. The van der Waals surface area contributed by atoms with Crippen LogP contribution in [0.3, 0.4) is 0 Å². The third kappa shape index (κ3) is 5.04. The fourth-order valence-corrected chi connectivity index (χ4v) is 1.94. The molecule has 1 aliphatic carbocycles. The molecule has 0 spiro atoms. The van der Waals surface area contributed by atoms with E-state index in [1.807, 2.05) is 0 Å². The second-order valence-corrected chi connectivity index (χ2v) is 4.60. The Kier molecular flexibility index (Phi) is 6.52. The zero-order valence-electron chi connectivity index (χ0n) is 11.0. The minimum Gasteiger partial charge on any atom is -0.469 e. The molecule has 100 valence electrons. The molecule has 1 fully saturated rings. The standard InChI is InChI=1S/C13H24O4/c1-3-4-8-16-9-10-17-13(6-5-7-13)11-12(14)15-2/h3-11H2,1-2H3. The molecule has 4 heteroatoms. The molecule has 0 saturated heterocycles. The van der Waals surface area contributed by atoms with Crippen molar-refractivity contribution in [1.82, 2.24) is 0 Å². The van der Waals surface area contributed by atoms with Crippen LogP contribution < -0.4 is 0 Å². The van der Waals surface area contributed by atoms with E-state index in [0.29, 0.717) is 19.6 Å². The quantitative estimate of drug-likeness (QED) is 0.461. The highest BCUT2D eigenvalue weighted by Crippen LogP contribution is 2.38. The summed E-state index contributed by atoms with van der Waals surface area (Å²) in [6, 6.07) is 0. The summed E-state index contributed by atoms with van der Waals surface area (Å²) in [5.74, 6) is -0.184. The van der Waals surface area contributed by atoms with Gasteiger partial charge in [-0.25, -0.2) is 0 Å². The van der Waals surface area contributed by atoms with Crippen molar-refractivity contribution in [2.75, 3.05) is 26.9 Å². The molecular weight excluding hydrogens is 220 g/mol. The van der Waals surface area contributed by atoms with E-state index in [9.17, 15) is 4.79 Å². The van der Waals surface area contributed by atoms with Gasteiger partial charge in [0.15, 0.2) is 0 Å². The van der Waals surface area contributed by atoms with Gasteiger partial charge in [0, 0.05) is 6.61 Å². The van der Waals surface area contributed by atoms with E-state index in [4.69, 9.17) is 14.2 Å². The Morgan fingerprint density at radius 1 is 1.24 bits per heavy atom. The predicted octanol–water partition coefficient (Wildman–Crippen LogP) is 2.31. The summed E-state index contributed by atoms with van der Waals surface area (Å²) in [5, 5.41) is 0. The fourth-order valence-electron chi connectivity index (χ4n) is 1.94. The Morgan fingerprint density at radius 3 is 2.53 bits per heavy atom. The van der Waals surface area contributed by atoms with Crippen molar-refractivity contribution >= 4 is 5.97 Å². The average molecular weight is 244 g/mol. The first kappa shape index (κ1) is 14.5. The maximum absolute atomic E-state index is 11.3. The summed E-state index contributed by atoms with van der Waals surface area (Å²) < 4.78 is 15.9. The smallest absolute Gasteiger partial charge is 0.308 e. The van der Waals surface area contributed by atoms with Crippen molar-refractivity contribution in [3.05, 3.63) is 0 Å². The monoisotopic (exact) mass is 244 g/mol. The highest BCUT2D eigenvalue weighted by molar-refractivity contribution is 5.70. The van der Waals surface area contributed by atoms with Crippen LogP contribution in [0.2, 0.25) is 0 Å². The van der Waals surface area contributed by atoms with E-state index in [2.05, 4.69) is 6.92 Å². The Morgan fingerprint density at radius 2 is 2.00 bits per heavy atom. The van der Waals surface area contributed by atoms with Crippen molar-refractivity contribution in [3.63, 3.8) is 0 Å². The summed E-state index contributed by atoms with van der Waals surface area (Å²) in [7, 11) is 1.42. The maximum Gasteiger partial charge on any atom is 0.308 e. The summed E-state index contributed by atoms with van der Waals surface area (Å²) in [4.78, 5) is 11.3. The molecule has 4 nitrogen and oxygen atoms in total. The Balaban J connectivity index is 2.12. The third-order valence-corrected chi connectivity index (χ3v) is 3.24. The van der Waals surface area contributed by atoms with Crippen molar-refractivity contribution in [2.24, 2.45) is 0 Å². The molecule has 17 heavy (non-hydrogen) atoms. The minimum absolute atomic E-state index is 0.184. The number of carbonyl (C=O) groups is 1. The Labute approximate surface area is 104 Å². The molecule has 0 amide bonds. The number of ether oxygens (including phenoxy) is 3. The van der Waals surface area contributed by atoms with E-state index in [1.54, 1.807) is 0 Å². The van der Waals surface area contributed by atoms with E-state index < -0.39 is 0 Å². The first-order chi connectivity index (χ1) is 8.22. The van der Waals surface area contributed by atoms with Gasteiger partial charge in [0.05, 0.1) is 32.3 Å². The van der Waals surface area contributed by atoms with Gasteiger partial charge >= 0.3 is 5.97 Å². The van der Waals surface area contributed by atoms with Gasteiger partial charge in [-0.05, 0) is 25.7 Å². The lowest BCUT2D eigenvalue weighted by atomic mass is 9.77. The number of esters is 1. The van der Waals surface area contributed by atoms with E-state index in [0.717, 1.165) is 38.7 Å². The SMILES string of the molecule is CCCCOCCOC1(CC(=O)OC)CCC1. The fraction of sp³-hybridized carbons (Fsp3) is 0.923. The van der Waals surface area contributed by atoms with Crippen molar-refractivity contribution < 1.29 is 19.0 Å². The molecule has 0 radical (unpaired) electrons. The first-order valence-electron chi connectivity index (χ1n) is 6.51. The molecule has 0 aromatic rings. The van der Waals surface area contributed by atoms with Crippen LogP contribution in [0.25, 0.3) is 0 Å². The molecule has 0 N–H and O–H groups in total. The molecule has 1 rings (SSSR count). The zero-order chi connectivity index (χ0) is 12.6. The van der Waals surface area contributed by atoms with Crippen molar-refractivity contribution in [2.45, 2.75) is 51.0 Å². The first-order valence-corrected chi connectivity index (χ1v) is 6.51. The van der Waals surface area contributed by atoms with E-state index in [1.165, 1.54) is 7.11 Å². The van der Waals surface area contributed by atoms with Gasteiger partial charge in [0.25, 0.3) is 0 Å². The van der Waals surface area contributed by atoms with Gasteiger partial charge in [-0.2, -0.15) is 0 Å². The molecule has 0 aliphatic heterocycles. The molecule has 0 bridgehead atoms. The van der Waals surface area contributed by atoms with Crippen LogP contribution in [0.1, 0.15) is 45.4 Å². The number of carbonyl (C=O) groups excluding carboxylic acids is 1. The third-order valence-electron chi connectivity index (χ3n) is 3.24. The van der Waals surface area contributed by atoms with Gasteiger partial charge in [-0.3, -0.25) is 4.79 Å². The molecule has 0 aromatic carbocycles. The largest absolute Gasteiger partial charge is 0.469 e. The predicted molar refractivity (Wildman–Crippen MR) is 64.9 cm³/mol. The Hall–Kier alpha value is -0.610. The summed E-state index contributed by atoms with van der Waals surface area (Å²) in [6.07, 6.45) is 5.65. The van der Waals surface area contributed by atoms with Gasteiger partial charge in [-0.1, -0.05) is 13.3 Å². The molecule has 0 aromatic heterocycles. The van der Waals surface area contributed by atoms with Crippen LogP contribution in [0.5, 0.6) is 0 Å². The van der Waals surface area contributed by atoms with E-state index >= 15 is 0 Å². The topological polar surface area (TPSA) is 44.8 Å². The van der Waals surface area contributed by atoms with Crippen LogP contribution in [0.15, 0.2) is 0 Å². The summed E-state index contributed by atoms with van der Waals surface area (Å²) in [5.41, 5.74) is -0.263. The van der Waals surface area contributed by atoms with Gasteiger partial charge in [0.2, 0.25) is 0 Å². The Bertz CT molecular complexity index is 223. The van der Waals surface area contributed by atoms with Gasteiger partial charge < -0.3 is 14.2 Å². The summed E-state index contributed by atoms with van der Waals surface area (Å²) >= 11 is 0. The number of hydrogen-bond donors (Lipinski definition) is 0. The number of unbranched alkanes of at least 4 members (excludes halogenated alkanes) is 1. The van der Waals surface area contributed by atoms with Crippen LogP contribution >= 0.6 is 0 Å². The molecule has 0 heterocycles. The molecule has 0 atom stereocenters. The second kappa shape index (κ2) is 7.67. The van der Waals surface area contributed by atoms with Crippen molar-refractivity contribution in [1.29, 1.82) is 0 Å². The lowest BCUT2D eigenvalue weighted by molar-refractivity contribution is -0.160. The number of rotatable bonds is 9. The van der Waals surface area contributed by atoms with Crippen molar-refractivity contribution in [3.8, 4) is 0 Å². The highest BCUT2D eigenvalue weighted by Gasteiger charge is 2.40. The number of methoxy groups -OCH3 is 1. The average Bonchev–Trinajstić information content (AvgIpc) is 2.29. The van der Waals surface area contributed by atoms with Crippen LogP contribution in [0, 0.1) is 0 Å². The number of hydrogen-bond acceptors (Lipinski definition) is 4. The van der Waals surface area contributed by atoms with Crippen LogP contribution in [-0.4, -0.2) is 38.5 Å². The molecule has 1 aliphatic rings. The molecule has 0 unspecified atom stereocenters. The van der Waals surface area contributed by atoms with Crippen LogP contribution in [-0.2, 0) is 19.0 Å². The van der Waals surface area contributed by atoms with Gasteiger partial charge in [0.1, 0.15) is 0 Å². The van der Waals surface area contributed by atoms with Gasteiger partial charge in [-0.15, -0.1) is 0 Å². The normalized spacial score (nSPS) is 17.5. The van der Waals surface area contributed by atoms with E-state index in [-0.39, 0.29) is 11.6 Å². The minimum atomic E-state index is -0.263. The molecule has 1 saturated carbocycles. The maximum atomic E-state index is 11.3. The molecular formula is C13H24O4.